The Morgan fingerprint density at radius 2 is 2.06 bits per heavy atom. The average molecular weight is 432 g/mol. The molecular formula is C23H21N5O2S. The van der Waals surface area contributed by atoms with Gasteiger partial charge in [0.15, 0.2) is 0 Å². The van der Waals surface area contributed by atoms with Crippen LogP contribution in [0.25, 0.3) is 21.8 Å². The van der Waals surface area contributed by atoms with Crippen molar-refractivity contribution < 1.29 is 4.74 Å². The largest absolute Gasteiger partial charge is 0.370 e. The lowest BCUT2D eigenvalue weighted by molar-refractivity contribution is 0.0390. The normalized spacial score (nSPS) is 16.4. The van der Waals surface area contributed by atoms with Crippen molar-refractivity contribution in [1.82, 2.24) is 19.5 Å². The van der Waals surface area contributed by atoms with Crippen LogP contribution in [0.1, 0.15) is 11.7 Å². The van der Waals surface area contributed by atoms with E-state index in [1.807, 2.05) is 0 Å². The molecule has 1 saturated heterocycles. The zero-order valence-corrected chi connectivity index (χ0v) is 17.8. The minimum absolute atomic E-state index is 0.103. The van der Waals surface area contributed by atoms with Crippen LogP contribution in [0.15, 0.2) is 71.2 Å². The fourth-order valence-electron chi connectivity index (χ4n) is 3.75. The Labute approximate surface area is 183 Å². The molecule has 8 heteroatoms. The summed E-state index contributed by atoms with van der Waals surface area (Å²) in [6.07, 6.45) is 3.00. The fraction of sp³-hybridized carbons (Fsp3) is 0.217. The smallest absolute Gasteiger partial charge is 0.255 e. The molecule has 1 fully saturated rings. The molecule has 1 aliphatic rings. The maximum absolute atomic E-state index is 12.6. The summed E-state index contributed by atoms with van der Waals surface area (Å²) in [5, 5.41) is 2.08. The van der Waals surface area contributed by atoms with Crippen molar-refractivity contribution in [3.05, 3.63) is 82.4 Å². The third-order valence-corrected chi connectivity index (χ3v) is 6.29. The van der Waals surface area contributed by atoms with Gasteiger partial charge in [0.25, 0.3) is 5.56 Å². The standard InChI is InChI=1S/C23H21N5O2S/c1-27-22(29)13-19(18-7-8-24-15-25-18)26-23(27)28-9-10-30-20(14-28)16-4-2-5-17(12-16)21-6-3-11-31-21/h2-8,11-13,15,20H,9-10,14H2,1H3. The molecule has 156 valence electrons. The second-order valence-electron chi connectivity index (χ2n) is 7.34. The predicted octanol–water partition coefficient (Wildman–Crippen LogP) is 3.54. The van der Waals surface area contributed by atoms with E-state index in [1.54, 1.807) is 35.2 Å². The summed E-state index contributed by atoms with van der Waals surface area (Å²) < 4.78 is 7.68. The van der Waals surface area contributed by atoms with Crippen LogP contribution in [0, 0.1) is 0 Å². The molecule has 0 radical (unpaired) electrons. The summed E-state index contributed by atoms with van der Waals surface area (Å²) >= 11 is 1.72. The third kappa shape index (κ3) is 3.99. The summed E-state index contributed by atoms with van der Waals surface area (Å²) in [5.74, 6) is 0.615. The molecular weight excluding hydrogens is 410 g/mol. The highest BCUT2D eigenvalue weighted by atomic mass is 32.1. The molecule has 0 saturated carbocycles. The second kappa shape index (κ2) is 8.41. The molecule has 4 aromatic rings. The van der Waals surface area contributed by atoms with E-state index in [9.17, 15) is 4.79 Å². The number of ether oxygens (including phenoxy) is 1. The van der Waals surface area contributed by atoms with E-state index in [-0.39, 0.29) is 11.7 Å². The average Bonchev–Trinajstić information content (AvgIpc) is 3.37. The molecule has 3 aromatic heterocycles. The van der Waals surface area contributed by atoms with Gasteiger partial charge in [-0.1, -0.05) is 24.3 Å². The number of benzene rings is 1. The lowest BCUT2D eigenvalue weighted by Crippen LogP contribution is -2.41. The molecule has 0 N–H and O–H groups in total. The molecule has 1 unspecified atom stereocenters. The van der Waals surface area contributed by atoms with Crippen LogP contribution in [0.3, 0.4) is 0 Å². The van der Waals surface area contributed by atoms with Crippen molar-refractivity contribution in [3.8, 4) is 21.8 Å². The minimum atomic E-state index is -0.124. The Morgan fingerprint density at radius 3 is 2.87 bits per heavy atom. The highest BCUT2D eigenvalue weighted by Crippen LogP contribution is 2.30. The quantitative estimate of drug-likeness (QED) is 0.492. The van der Waals surface area contributed by atoms with E-state index in [0.29, 0.717) is 37.0 Å². The first-order valence-corrected chi connectivity index (χ1v) is 10.9. The molecule has 1 atom stereocenters. The lowest BCUT2D eigenvalue weighted by Gasteiger charge is -2.34. The van der Waals surface area contributed by atoms with E-state index < -0.39 is 0 Å². The summed E-state index contributed by atoms with van der Waals surface area (Å²) in [4.78, 5) is 28.9. The molecule has 0 spiro atoms. The zero-order chi connectivity index (χ0) is 21.2. The predicted molar refractivity (Wildman–Crippen MR) is 121 cm³/mol. The molecule has 31 heavy (non-hydrogen) atoms. The first-order chi connectivity index (χ1) is 15.2. The van der Waals surface area contributed by atoms with Gasteiger partial charge in [0.05, 0.1) is 24.5 Å². The van der Waals surface area contributed by atoms with Gasteiger partial charge in [0, 0.05) is 30.7 Å². The van der Waals surface area contributed by atoms with E-state index in [2.05, 4.69) is 56.6 Å². The zero-order valence-electron chi connectivity index (χ0n) is 17.0. The van der Waals surface area contributed by atoms with Crippen LogP contribution in [0.4, 0.5) is 5.95 Å². The Bertz CT molecular complexity index is 1240. The van der Waals surface area contributed by atoms with Gasteiger partial charge in [-0.05, 0) is 34.7 Å². The molecule has 7 nitrogen and oxygen atoms in total. The van der Waals surface area contributed by atoms with Crippen LogP contribution in [0.5, 0.6) is 0 Å². The van der Waals surface area contributed by atoms with Gasteiger partial charge in [-0.15, -0.1) is 11.3 Å². The Hall–Kier alpha value is -3.36. The van der Waals surface area contributed by atoms with Crippen molar-refractivity contribution in [2.45, 2.75) is 6.10 Å². The number of hydrogen-bond donors (Lipinski definition) is 0. The van der Waals surface area contributed by atoms with Crippen LogP contribution in [-0.2, 0) is 11.8 Å². The van der Waals surface area contributed by atoms with Gasteiger partial charge in [-0.2, -0.15) is 0 Å². The summed E-state index contributed by atoms with van der Waals surface area (Å²) in [6, 6.07) is 15.9. The Morgan fingerprint density at radius 1 is 1.13 bits per heavy atom. The monoisotopic (exact) mass is 431 g/mol. The van der Waals surface area contributed by atoms with Gasteiger partial charge in [-0.25, -0.2) is 15.0 Å². The molecule has 4 heterocycles. The van der Waals surface area contributed by atoms with Crippen LogP contribution >= 0.6 is 11.3 Å². The van der Waals surface area contributed by atoms with Gasteiger partial charge in [0.2, 0.25) is 5.95 Å². The molecule has 0 aliphatic carbocycles. The number of thiophene rings is 1. The second-order valence-corrected chi connectivity index (χ2v) is 8.29. The first-order valence-electron chi connectivity index (χ1n) is 10.0. The van der Waals surface area contributed by atoms with Gasteiger partial charge >= 0.3 is 0 Å². The Kier molecular flexibility index (Phi) is 5.31. The number of nitrogens with zero attached hydrogens (tertiary/aromatic N) is 5. The Balaban J connectivity index is 1.46. The number of hydrogen-bond acceptors (Lipinski definition) is 7. The molecule has 0 bridgehead atoms. The number of rotatable bonds is 4. The molecule has 1 aliphatic heterocycles. The van der Waals surface area contributed by atoms with Gasteiger partial charge in [0.1, 0.15) is 12.4 Å². The van der Waals surface area contributed by atoms with Crippen LogP contribution in [-0.4, -0.2) is 39.2 Å². The molecule has 5 rings (SSSR count). The van der Waals surface area contributed by atoms with E-state index in [4.69, 9.17) is 9.72 Å². The highest BCUT2D eigenvalue weighted by Gasteiger charge is 2.25. The number of anilines is 1. The SMILES string of the molecule is Cn1c(N2CCOC(c3cccc(-c4cccs4)c3)C2)nc(-c2ccncn2)cc1=O. The summed E-state index contributed by atoms with van der Waals surface area (Å²) in [7, 11) is 1.75. The van der Waals surface area contributed by atoms with Crippen molar-refractivity contribution >= 4 is 17.3 Å². The highest BCUT2D eigenvalue weighted by molar-refractivity contribution is 7.13. The van der Waals surface area contributed by atoms with E-state index in [0.717, 1.165) is 5.56 Å². The first kappa shape index (κ1) is 19.6. The van der Waals surface area contributed by atoms with Crippen molar-refractivity contribution in [3.63, 3.8) is 0 Å². The van der Waals surface area contributed by atoms with Crippen LogP contribution in [0.2, 0.25) is 0 Å². The maximum Gasteiger partial charge on any atom is 0.255 e. The maximum atomic E-state index is 12.6. The molecule has 0 amide bonds. The van der Waals surface area contributed by atoms with E-state index in [1.165, 1.54) is 22.8 Å². The van der Waals surface area contributed by atoms with E-state index >= 15 is 0 Å². The molecule has 1 aromatic carbocycles. The van der Waals surface area contributed by atoms with Crippen molar-refractivity contribution in [2.24, 2.45) is 7.05 Å². The van der Waals surface area contributed by atoms with Crippen molar-refractivity contribution in [1.29, 1.82) is 0 Å². The minimum Gasteiger partial charge on any atom is -0.370 e. The fourth-order valence-corrected chi connectivity index (χ4v) is 4.48. The summed E-state index contributed by atoms with van der Waals surface area (Å²) in [5.41, 5.74) is 3.35. The third-order valence-electron chi connectivity index (χ3n) is 5.37. The topological polar surface area (TPSA) is 73.1 Å². The van der Waals surface area contributed by atoms with Gasteiger partial charge < -0.3 is 9.64 Å². The number of aromatic nitrogens is 4. The summed E-state index contributed by atoms with van der Waals surface area (Å²) in [6.45, 7) is 1.83. The van der Waals surface area contributed by atoms with Crippen molar-refractivity contribution in [2.75, 3.05) is 24.6 Å². The number of morpholine rings is 1. The lowest BCUT2D eigenvalue weighted by atomic mass is 10.0. The van der Waals surface area contributed by atoms with Gasteiger partial charge in [-0.3, -0.25) is 9.36 Å². The van der Waals surface area contributed by atoms with Crippen LogP contribution < -0.4 is 10.5 Å².